The summed E-state index contributed by atoms with van der Waals surface area (Å²) in [5.74, 6) is 0. The number of nitrogens with one attached hydrogen (secondary N) is 1. The normalized spacial score (nSPS) is 14.5. The van der Waals surface area contributed by atoms with Gasteiger partial charge in [-0.3, -0.25) is 0 Å². The first-order chi connectivity index (χ1) is 7.11. The minimum atomic E-state index is 0.283. The minimum Gasteiger partial charge on any atom is -0.310 e. The summed E-state index contributed by atoms with van der Waals surface area (Å²) in [5, 5.41) is 12.0. The first kappa shape index (κ1) is 12.2. The number of thiophene rings is 1. The first-order valence-corrected chi connectivity index (χ1v) is 6.11. The van der Waals surface area contributed by atoms with Crippen molar-refractivity contribution in [3.63, 3.8) is 0 Å². The molecule has 0 saturated heterocycles. The summed E-state index contributed by atoms with van der Waals surface area (Å²) < 4.78 is 0. The molecule has 1 aromatic rings. The van der Waals surface area contributed by atoms with E-state index >= 15 is 0 Å². The second kappa shape index (κ2) is 5.89. The predicted molar refractivity (Wildman–Crippen MR) is 65.0 cm³/mol. The summed E-state index contributed by atoms with van der Waals surface area (Å²) in [6, 6.07) is 7.25. The van der Waals surface area contributed by atoms with E-state index in [1.807, 2.05) is 11.3 Å². The maximum atomic E-state index is 8.55. The van der Waals surface area contributed by atoms with E-state index in [0.29, 0.717) is 12.5 Å². The molecule has 15 heavy (non-hydrogen) atoms. The van der Waals surface area contributed by atoms with E-state index in [4.69, 9.17) is 5.26 Å². The van der Waals surface area contributed by atoms with Gasteiger partial charge in [0.25, 0.3) is 0 Å². The Labute approximate surface area is 95.9 Å². The third-order valence-electron chi connectivity index (χ3n) is 2.27. The van der Waals surface area contributed by atoms with Crippen molar-refractivity contribution >= 4 is 11.3 Å². The lowest BCUT2D eigenvalue weighted by atomic mass is 10.1. The SMILES string of the molecule is Cc1ccc(CC(C)NC(C)CC#N)s1. The molecule has 0 spiro atoms. The average molecular weight is 222 g/mol. The van der Waals surface area contributed by atoms with Crippen LogP contribution < -0.4 is 5.32 Å². The number of nitrogens with zero attached hydrogens (tertiary/aromatic N) is 1. The molecule has 0 fully saturated rings. The molecule has 1 heterocycles. The summed E-state index contributed by atoms with van der Waals surface area (Å²) in [6.45, 7) is 6.35. The second-order valence-corrected chi connectivity index (χ2v) is 5.42. The molecule has 2 atom stereocenters. The Hall–Kier alpha value is -0.850. The average Bonchev–Trinajstić information content (AvgIpc) is 2.51. The minimum absolute atomic E-state index is 0.283. The second-order valence-electron chi connectivity index (χ2n) is 4.05. The zero-order chi connectivity index (χ0) is 11.3. The summed E-state index contributed by atoms with van der Waals surface area (Å²) in [6.07, 6.45) is 1.63. The zero-order valence-electron chi connectivity index (χ0n) is 9.58. The molecule has 0 radical (unpaired) electrons. The zero-order valence-corrected chi connectivity index (χ0v) is 10.4. The van der Waals surface area contributed by atoms with Gasteiger partial charge in [-0.1, -0.05) is 0 Å². The summed E-state index contributed by atoms with van der Waals surface area (Å²) >= 11 is 1.85. The topological polar surface area (TPSA) is 35.8 Å². The molecule has 2 nitrogen and oxygen atoms in total. The van der Waals surface area contributed by atoms with Gasteiger partial charge in [0.1, 0.15) is 0 Å². The van der Waals surface area contributed by atoms with Crippen molar-refractivity contribution in [2.75, 3.05) is 0 Å². The molecular formula is C12H18N2S. The molecule has 0 amide bonds. The third kappa shape index (κ3) is 4.46. The predicted octanol–water partition coefficient (Wildman–Crippen LogP) is 2.88. The van der Waals surface area contributed by atoms with Crippen LogP contribution in [-0.2, 0) is 6.42 Å². The van der Waals surface area contributed by atoms with E-state index in [1.165, 1.54) is 9.75 Å². The van der Waals surface area contributed by atoms with Crippen LogP contribution in [-0.4, -0.2) is 12.1 Å². The third-order valence-corrected chi connectivity index (χ3v) is 3.29. The summed E-state index contributed by atoms with van der Waals surface area (Å²) in [4.78, 5) is 2.78. The number of hydrogen-bond donors (Lipinski definition) is 1. The Morgan fingerprint density at radius 3 is 2.67 bits per heavy atom. The number of nitriles is 1. The van der Waals surface area contributed by atoms with E-state index in [1.54, 1.807) is 0 Å². The van der Waals surface area contributed by atoms with Crippen LogP contribution in [0.2, 0.25) is 0 Å². The smallest absolute Gasteiger partial charge is 0.0638 e. The number of aryl methyl sites for hydroxylation is 1. The number of hydrogen-bond acceptors (Lipinski definition) is 3. The fraction of sp³-hybridized carbons (Fsp3) is 0.583. The fourth-order valence-electron chi connectivity index (χ4n) is 1.64. The molecule has 2 unspecified atom stereocenters. The molecule has 0 aliphatic rings. The van der Waals surface area contributed by atoms with Crippen molar-refractivity contribution in [1.29, 1.82) is 5.26 Å². The van der Waals surface area contributed by atoms with Gasteiger partial charge in [-0.05, 0) is 39.3 Å². The molecule has 0 saturated carbocycles. The standard InChI is InChI=1S/C12H18N2S/c1-9(6-7-13)14-10(2)8-12-5-4-11(3)15-12/h4-5,9-10,14H,6,8H2,1-3H3. The highest BCUT2D eigenvalue weighted by Crippen LogP contribution is 2.16. The highest BCUT2D eigenvalue weighted by atomic mass is 32.1. The van der Waals surface area contributed by atoms with Crippen molar-refractivity contribution in [3.05, 3.63) is 21.9 Å². The van der Waals surface area contributed by atoms with Crippen molar-refractivity contribution in [2.24, 2.45) is 0 Å². The van der Waals surface area contributed by atoms with Crippen LogP contribution in [0.15, 0.2) is 12.1 Å². The molecule has 1 aromatic heterocycles. The summed E-state index contributed by atoms with van der Waals surface area (Å²) in [5.41, 5.74) is 0. The van der Waals surface area contributed by atoms with Crippen LogP contribution in [0, 0.1) is 18.3 Å². The Morgan fingerprint density at radius 1 is 1.40 bits per heavy atom. The monoisotopic (exact) mass is 222 g/mol. The van der Waals surface area contributed by atoms with Crippen LogP contribution in [0.3, 0.4) is 0 Å². The maximum absolute atomic E-state index is 8.55. The van der Waals surface area contributed by atoms with Crippen molar-refractivity contribution < 1.29 is 0 Å². The molecule has 0 aromatic carbocycles. The maximum Gasteiger partial charge on any atom is 0.0638 e. The largest absolute Gasteiger partial charge is 0.310 e. The lowest BCUT2D eigenvalue weighted by Crippen LogP contribution is -2.35. The Balaban J connectivity index is 2.36. The lowest BCUT2D eigenvalue weighted by Gasteiger charge is -2.17. The first-order valence-electron chi connectivity index (χ1n) is 5.30. The van der Waals surface area contributed by atoms with Crippen LogP contribution in [0.1, 0.15) is 30.0 Å². The van der Waals surface area contributed by atoms with Crippen molar-refractivity contribution in [2.45, 2.75) is 45.7 Å². The van der Waals surface area contributed by atoms with Crippen LogP contribution >= 0.6 is 11.3 Å². The van der Waals surface area contributed by atoms with Crippen LogP contribution in [0.4, 0.5) is 0 Å². The Morgan fingerprint density at radius 2 is 2.13 bits per heavy atom. The van der Waals surface area contributed by atoms with Crippen molar-refractivity contribution in [3.8, 4) is 6.07 Å². The van der Waals surface area contributed by atoms with Crippen LogP contribution in [0.25, 0.3) is 0 Å². The van der Waals surface area contributed by atoms with E-state index in [0.717, 1.165) is 6.42 Å². The van der Waals surface area contributed by atoms with Crippen LogP contribution in [0.5, 0.6) is 0 Å². The molecule has 0 bridgehead atoms. The van der Waals surface area contributed by atoms with Gasteiger partial charge in [0.2, 0.25) is 0 Å². The van der Waals surface area contributed by atoms with Gasteiger partial charge in [-0.25, -0.2) is 0 Å². The molecular weight excluding hydrogens is 204 g/mol. The van der Waals surface area contributed by atoms with Gasteiger partial charge in [-0.2, -0.15) is 5.26 Å². The summed E-state index contributed by atoms with van der Waals surface area (Å²) in [7, 11) is 0. The van der Waals surface area contributed by atoms with Gasteiger partial charge in [0.15, 0.2) is 0 Å². The van der Waals surface area contributed by atoms with E-state index in [2.05, 4.69) is 44.3 Å². The van der Waals surface area contributed by atoms with E-state index in [9.17, 15) is 0 Å². The van der Waals surface area contributed by atoms with Gasteiger partial charge in [-0.15, -0.1) is 11.3 Å². The fourth-order valence-corrected chi connectivity index (χ4v) is 2.66. The molecule has 1 N–H and O–H groups in total. The highest BCUT2D eigenvalue weighted by Gasteiger charge is 2.08. The number of rotatable bonds is 5. The van der Waals surface area contributed by atoms with Gasteiger partial charge in [0, 0.05) is 21.8 Å². The molecule has 1 rings (SSSR count). The Bertz CT molecular complexity index is 338. The molecule has 3 heteroatoms. The highest BCUT2D eigenvalue weighted by molar-refractivity contribution is 7.11. The lowest BCUT2D eigenvalue weighted by molar-refractivity contribution is 0.471. The van der Waals surface area contributed by atoms with E-state index in [-0.39, 0.29) is 6.04 Å². The molecule has 0 aliphatic heterocycles. The van der Waals surface area contributed by atoms with Gasteiger partial charge >= 0.3 is 0 Å². The van der Waals surface area contributed by atoms with Crippen molar-refractivity contribution in [1.82, 2.24) is 5.32 Å². The van der Waals surface area contributed by atoms with Gasteiger partial charge < -0.3 is 5.32 Å². The Kier molecular flexibility index (Phi) is 4.80. The molecule has 0 aliphatic carbocycles. The van der Waals surface area contributed by atoms with E-state index < -0.39 is 0 Å². The van der Waals surface area contributed by atoms with Gasteiger partial charge in [0.05, 0.1) is 12.5 Å². The quantitative estimate of drug-likeness (QED) is 0.831. The molecule has 82 valence electrons.